The molecule has 0 radical (unpaired) electrons. The summed E-state index contributed by atoms with van der Waals surface area (Å²) in [7, 11) is -4.51. The third-order valence-corrected chi connectivity index (χ3v) is 7.57. The molecule has 5 N–H and O–H groups in total. The SMILES string of the molecule is CC[C@H](C)[C@H](N)C(=O)NS(=O)(=O)OC[C@H]1O[C@@H](CCn2nnc(-c3ccc(Oc4ccccn4)cc3)n2)[C@H](O)[C@@H]1O. The van der Waals surface area contributed by atoms with Gasteiger partial charge in [0.1, 0.15) is 24.1 Å². The van der Waals surface area contributed by atoms with Gasteiger partial charge >= 0.3 is 10.3 Å². The Morgan fingerprint density at radius 2 is 1.90 bits per heavy atom. The van der Waals surface area contributed by atoms with E-state index in [1.165, 1.54) is 4.80 Å². The van der Waals surface area contributed by atoms with Gasteiger partial charge in [-0.05, 0) is 47.9 Å². The second-order valence-electron chi connectivity index (χ2n) is 9.60. The van der Waals surface area contributed by atoms with Crippen molar-refractivity contribution in [3.05, 3.63) is 48.7 Å². The van der Waals surface area contributed by atoms with E-state index in [0.717, 1.165) is 0 Å². The average molecular weight is 592 g/mol. The number of aliphatic hydroxyl groups excluding tert-OH is 2. The maximum absolute atomic E-state index is 12.2. The molecule has 3 aromatic rings. The van der Waals surface area contributed by atoms with Gasteiger partial charge in [0, 0.05) is 17.8 Å². The summed E-state index contributed by atoms with van der Waals surface area (Å²) in [5.41, 5.74) is 6.45. The molecule has 1 aromatic carbocycles. The summed E-state index contributed by atoms with van der Waals surface area (Å²) in [6.45, 7) is 3.11. The highest BCUT2D eigenvalue weighted by Crippen LogP contribution is 2.25. The average Bonchev–Trinajstić information content (AvgIpc) is 3.55. The predicted molar refractivity (Wildman–Crippen MR) is 143 cm³/mol. The van der Waals surface area contributed by atoms with Crippen molar-refractivity contribution in [2.24, 2.45) is 11.7 Å². The van der Waals surface area contributed by atoms with Crippen LogP contribution in [0.1, 0.15) is 26.7 Å². The van der Waals surface area contributed by atoms with Crippen molar-refractivity contribution < 1.29 is 37.1 Å². The number of amides is 1. The molecule has 4 rings (SSSR count). The van der Waals surface area contributed by atoms with Crippen LogP contribution in [0.5, 0.6) is 11.6 Å². The number of nitrogens with two attached hydrogens (primary N) is 1. The molecular weight excluding hydrogens is 558 g/mol. The highest BCUT2D eigenvalue weighted by atomic mass is 32.2. The number of carbonyl (C=O) groups excluding carboxylic acids is 1. The van der Waals surface area contributed by atoms with Crippen LogP contribution in [0.4, 0.5) is 0 Å². The standard InChI is InChI=1S/C25H33N7O8S/c1-3-15(2)21(26)25(35)30-41(36,37)38-14-19-23(34)22(33)18(40-19)11-13-32-29-24(28-31-32)16-7-9-17(10-8-16)39-20-6-4-5-12-27-20/h4-10,12,15,18-19,21-23,33-34H,3,11,13-14,26H2,1-2H3,(H,30,35)/t15-,18-,19+,21-,22-,23+/m0/s1. The van der Waals surface area contributed by atoms with Gasteiger partial charge in [0.05, 0.1) is 25.3 Å². The van der Waals surface area contributed by atoms with Gasteiger partial charge in [0.25, 0.3) is 5.91 Å². The van der Waals surface area contributed by atoms with Gasteiger partial charge in [-0.15, -0.1) is 10.2 Å². The molecule has 1 aliphatic rings. The summed E-state index contributed by atoms with van der Waals surface area (Å²) in [5.74, 6) is 0.283. The lowest BCUT2D eigenvalue weighted by atomic mass is 10.00. The number of hydrogen-bond donors (Lipinski definition) is 4. The topological polar surface area (TPSA) is 214 Å². The van der Waals surface area contributed by atoms with Gasteiger partial charge < -0.3 is 25.4 Å². The van der Waals surface area contributed by atoms with Crippen LogP contribution in [-0.4, -0.2) is 86.8 Å². The number of nitrogens with zero attached hydrogens (tertiary/aromatic N) is 5. The highest BCUT2D eigenvalue weighted by molar-refractivity contribution is 7.85. The number of nitrogens with one attached hydrogen (secondary N) is 1. The lowest BCUT2D eigenvalue weighted by Gasteiger charge is -2.18. The third-order valence-electron chi connectivity index (χ3n) is 6.67. The van der Waals surface area contributed by atoms with E-state index >= 15 is 0 Å². The summed E-state index contributed by atoms with van der Waals surface area (Å²) in [6, 6.07) is 11.4. The third kappa shape index (κ3) is 8.02. The van der Waals surface area contributed by atoms with Crippen molar-refractivity contribution in [3.63, 3.8) is 0 Å². The highest BCUT2D eigenvalue weighted by Gasteiger charge is 2.43. The normalized spacial score (nSPS) is 22.3. The summed E-state index contributed by atoms with van der Waals surface area (Å²) in [4.78, 5) is 17.5. The van der Waals surface area contributed by atoms with Crippen LogP contribution in [0.15, 0.2) is 48.7 Å². The fraction of sp³-hybridized carbons (Fsp3) is 0.480. The zero-order valence-electron chi connectivity index (χ0n) is 22.5. The second-order valence-corrected chi connectivity index (χ2v) is 11.0. The minimum absolute atomic E-state index is 0.189. The summed E-state index contributed by atoms with van der Waals surface area (Å²) in [6.07, 6.45) is -2.33. The number of benzene rings is 1. The zero-order valence-corrected chi connectivity index (χ0v) is 23.3. The number of pyridine rings is 1. The summed E-state index contributed by atoms with van der Waals surface area (Å²) < 4.78 is 42.2. The molecule has 1 saturated heterocycles. The number of carbonyl (C=O) groups is 1. The summed E-state index contributed by atoms with van der Waals surface area (Å²) >= 11 is 0. The predicted octanol–water partition coefficient (Wildman–Crippen LogP) is 0.158. The van der Waals surface area contributed by atoms with Crippen molar-refractivity contribution in [2.45, 2.75) is 63.7 Å². The molecule has 1 aliphatic heterocycles. The molecule has 15 nitrogen and oxygen atoms in total. The van der Waals surface area contributed by atoms with Gasteiger partial charge in [-0.1, -0.05) is 26.3 Å². The number of ether oxygens (including phenoxy) is 2. The number of aliphatic hydroxyl groups is 2. The Kier molecular flexibility index (Phi) is 9.95. The second kappa shape index (κ2) is 13.4. The van der Waals surface area contributed by atoms with Crippen LogP contribution in [0.3, 0.4) is 0 Å². The van der Waals surface area contributed by atoms with Crippen molar-refractivity contribution in [3.8, 4) is 23.0 Å². The van der Waals surface area contributed by atoms with Crippen molar-refractivity contribution >= 4 is 16.2 Å². The zero-order chi connectivity index (χ0) is 29.6. The van der Waals surface area contributed by atoms with Crippen LogP contribution in [0.2, 0.25) is 0 Å². The Balaban J connectivity index is 1.26. The van der Waals surface area contributed by atoms with Crippen LogP contribution < -0.4 is 15.2 Å². The van der Waals surface area contributed by atoms with Crippen molar-refractivity contribution in [1.29, 1.82) is 0 Å². The van der Waals surface area contributed by atoms with Gasteiger partial charge in [-0.3, -0.25) is 8.98 Å². The summed E-state index contributed by atoms with van der Waals surface area (Å²) in [5, 5.41) is 33.2. The van der Waals surface area contributed by atoms with E-state index in [1.54, 1.807) is 54.2 Å². The molecular formula is C25H33N7O8S. The lowest BCUT2D eigenvalue weighted by molar-refractivity contribution is -0.121. The fourth-order valence-electron chi connectivity index (χ4n) is 3.99. The molecule has 0 unspecified atom stereocenters. The maximum atomic E-state index is 12.2. The number of hydrogen-bond acceptors (Lipinski definition) is 13. The van der Waals surface area contributed by atoms with Crippen molar-refractivity contribution in [2.75, 3.05) is 6.61 Å². The van der Waals surface area contributed by atoms with E-state index in [9.17, 15) is 23.4 Å². The number of rotatable bonds is 13. The minimum Gasteiger partial charge on any atom is -0.439 e. The van der Waals surface area contributed by atoms with E-state index in [-0.39, 0.29) is 18.9 Å². The number of aryl methyl sites for hydroxylation is 1. The molecule has 41 heavy (non-hydrogen) atoms. The van der Waals surface area contributed by atoms with E-state index in [2.05, 4.69) is 20.4 Å². The molecule has 0 aliphatic carbocycles. The van der Waals surface area contributed by atoms with Crippen LogP contribution >= 0.6 is 0 Å². The molecule has 0 spiro atoms. The van der Waals surface area contributed by atoms with Crippen LogP contribution in [0.25, 0.3) is 11.4 Å². The number of tetrazole rings is 1. The van der Waals surface area contributed by atoms with Gasteiger partial charge in [0.2, 0.25) is 11.7 Å². The first kappa shape index (κ1) is 30.4. The Hall–Kier alpha value is -3.54. The van der Waals surface area contributed by atoms with E-state index in [1.807, 2.05) is 13.0 Å². The Bertz CT molecular complexity index is 1390. The quantitative estimate of drug-likeness (QED) is 0.209. The molecule has 3 heterocycles. The smallest absolute Gasteiger partial charge is 0.362 e. The van der Waals surface area contributed by atoms with E-state index < -0.39 is 53.3 Å². The molecule has 1 amide bonds. The Morgan fingerprint density at radius 1 is 1.17 bits per heavy atom. The first-order valence-corrected chi connectivity index (χ1v) is 14.4. The molecule has 16 heteroatoms. The van der Waals surface area contributed by atoms with Gasteiger partial charge in [-0.25, -0.2) is 9.71 Å². The van der Waals surface area contributed by atoms with Gasteiger partial charge in [0.15, 0.2) is 0 Å². The first-order valence-electron chi connectivity index (χ1n) is 13.0. The Morgan fingerprint density at radius 3 is 2.59 bits per heavy atom. The molecule has 222 valence electrons. The maximum Gasteiger partial charge on any atom is 0.362 e. The molecule has 6 atom stereocenters. The Labute approximate surface area is 236 Å². The molecule has 0 bridgehead atoms. The lowest BCUT2D eigenvalue weighted by Crippen LogP contribution is -2.47. The largest absolute Gasteiger partial charge is 0.439 e. The number of aromatic nitrogens is 5. The molecule has 1 fully saturated rings. The monoisotopic (exact) mass is 591 g/mol. The van der Waals surface area contributed by atoms with Crippen LogP contribution in [0, 0.1) is 5.92 Å². The van der Waals surface area contributed by atoms with Crippen molar-refractivity contribution in [1.82, 2.24) is 29.9 Å². The van der Waals surface area contributed by atoms with Crippen LogP contribution in [-0.2, 0) is 30.6 Å². The first-order chi connectivity index (χ1) is 19.6. The fourth-order valence-corrected chi connectivity index (χ4v) is 4.74. The molecule has 0 saturated carbocycles. The van der Waals surface area contributed by atoms with E-state index in [4.69, 9.17) is 19.4 Å². The molecule has 2 aromatic heterocycles. The minimum atomic E-state index is -4.51. The van der Waals surface area contributed by atoms with E-state index in [0.29, 0.717) is 29.4 Å². The van der Waals surface area contributed by atoms with Gasteiger partial charge in [-0.2, -0.15) is 13.2 Å².